The zero-order valence-corrected chi connectivity index (χ0v) is 16.2. The maximum absolute atomic E-state index is 12.4. The number of nitrogens with one attached hydrogen (secondary N) is 1. The van der Waals surface area contributed by atoms with Gasteiger partial charge in [0.2, 0.25) is 0 Å². The summed E-state index contributed by atoms with van der Waals surface area (Å²) in [5, 5.41) is 7.15. The second kappa shape index (κ2) is 6.97. The van der Waals surface area contributed by atoms with Gasteiger partial charge in [0.05, 0.1) is 6.21 Å². The summed E-state index contributed by atoms with van der Waals surface area (Å²) in [6.45, 7) is 6.52. The number of hydrogen-bond acceptors (Lipinski definition) is 3. The normalized spacial score (nSPS) is 12.1. The van der Waals surface area contributed by atoms with Gasteiger partial charge < -0.3 is 4.42 Å². The van der Waals surface area contributed by atoms with E-state index in [4.69, 9.17) is 4.42 Å². The fourth-order valence-electron chi connectivity index (χ4n) is 3.19. The zero-order valence-electron chi connectivity index (χ0n) is 16.2. The number of carbonyl (C=O) groups excluding carboxylic acids is 1. The molecule has 0 aliphatic carbocycles. The van der Waals surface area contributed by atoms with Crippen molar-refractivity contribution in [1.29, 1.82) is 0 Å². The van der Waals surface area contributed by atoms with Crippen LogP contribution in [0.2, 0.25) is 0 Å². The Morgan fingerprint density at radius 3 is 2.46 bits per heavy atom. The number of carbonyl (C=O) groups is 1. The van der Waals surface area contributed by atoms with Gasteiger partial charge in [-0.15, -0.1) is 0 Å². The second-order valence-corrected chi connectivity index (χ2v) is 7.88. The Morgan fingerprint density at radius 2 is 1.71 bits per heavy atom. The summed E-state index contributed by atoms with van der Waals surface area (Å²) >= 11 is 0. The molecule has 0 unspecified atom stereocenters. The number of amides is 1. The van der Waals surface area contributed by atoms with E-state index in [1.165, 1.54) is 5.56 Å². The third kappa shape index (κ3) is 3.54. The molecular weight excluding hydrogens is 348 g/mol. The molecule has 4 heteroatoms. The molecule has 0 fully saturated rings. The Bertz CT molecular complexity index is 1180. The minimum atomic E-state index is -0.372. The van der Waals surface area contributed by atoms with Crippen molar-refractivity contribution in [2.75, 3.05) is 0 Å². The summed E-state index contributed by atoms with van der Waals surface area (Å²) in [6, 6.07) is 21.8. The molecule has 0 saturated carbocycles. The number of hydrogen-bond donors (Lipinski definition) is 1. The van der Waals surface area contributed by atoms with Gasteiger partial charge in [0.15, 0.2) is 5.76 Å². The molecule has 0 aliphatic rings. The highest BCUT2D eigenvalue weighted by Crippen LogP contribution is 2.28. The van der Waals surface area contributed by atoms with Gasteiger partial charge in [0.1, 0.15) is 5.58 Å². The van der Waals surface area contributed by atoms with Crippen LogP contribution in [0.25, 0.3) is 21.7 Å². The summed E-state index contributed by atoms with van der Waals surface area (Å²) in [7, 11) is 0. The maximum Gasteiger partial charge on any atom is 0.307 e. The average Bonchev–Trinajstić information content (AvgIpc) is 3.13. The third-order valence-electron chi connectivity index (χ3n) is 4.81. The van der Waals surface area contributed by atoms with Crippen LogP contribution in [0.4, 0.5) is 0 Å². The van der Waals surface area contributed by atoms with Gasteiger partial charge in [-0.3, -0.25) is 4.79 Å². The molecule has 1 N–H and O–H groups in total. The van der Waals surface area contributed by atoms with E-state index >= 15 is 0 Å². The fourth-order valence-corrected chi connectivity index (χ4v) is 3.19. The molecule has 0 saturated heterocycles. The van der Waals surface area contributed by atoms with Crippen molar-refractivity contribution in [3.05, 3.63) is 83.6 Å². The molecule has 1 aromatic heterocycles. The van der Waals surface area contributed by atoms with Crippen molar-refractivity contribution >= 4 is 33.9 Å². The lowest BCUT2D eigenvalue weighted by Crippen LogP contribution is -2.16. The minimum Gasteiger partial charge on any atom is -0.451 e. The van der Waals surface area contributed by atoms with Crippen LogP contribution in [0.3, 0.4) is 0 Å². The van der Waals surface area contributed by atoms with Gasteiger partial charge in [-0.05, 0) is 39.4 Å². The molecule has 0 aliphatic heterocycles. The number of nitrogens with zero attached hydrogens (tertiary/aromatic N) is 1. The van der Waals surface area contributed by atoms with Crippen LogP contribution < -0.4 is 5.43 Å². The fraction of sp³-hybridized carbons (Fsp3) is 0.167. The van der Waals surface area contributed by atoms with Crippen molar-refractivity contribution in [3.8, 4) is 0 Å². The van der Waals surface area contributed by atoms with Gasteiger partial charge in [-0.1, -0.05) is 75.4 Å². The Balaban J connectivity index is 1.51. The smallest absolute Gasteiger partial charge is 0.307 e. The van der Waals surface area contributed by atoms with Crippen LogP contribution in [0, 0.1) is 0 Å². The monoisotopic (exact) mass is 370 g/mol. The predicted octanol–water partition coefficient (Wildman–Crippen LogP) is 5.65. The van der Waals surface area contributed by atoms with E-state index in [0.29, 0.717) is 5.58 Å². The maximum atomic E-state index is 12.4. The molecule has 28 heavy (non-hydrogen) atoms. The summed E-state index contributed by atoms with van der Waals surface area (Å²) in [5.41, 5.74) is 5.50. The number of rotatable bonds is 3. The second-order valence-electron chi connectivity index (χ2n) is 7.88. The van der Waals surface area contributed by atoms with Crippen molar-refractivity contribution in [1.82, 2.24) is 5.43 Å². The molecule has 4 rings (SSSR count). The standard InChI is InChI=1S/C24H22N2O2/c1-24(2,3)18-11-8-16(9-12-18)15-25-26-23(27)22-14-20-19-7-5-4-6-17(19)10-13-21(20)28-22/h4-15H,1-3H3,(H,26,27)/b25-15-. The summed E-state index contributed by atoms with van der Waals surface area (Å²) in [5.74, 6) is -0.130. The molecule has 0 radical (unpaired) electrons. The molecule has 3 aromatic carbocycles. The molecule has 140 valence electrons. The van der Waals surface area contributed by atoms with Gasteiger partial charge in [-0.25, -0.2) is 5.43 Å². The first-order valence-corrected chi connectivity index (χ1v) is 9.27. The molecule has 4 aromatic rings. The highest BCUT2D eigenvalue weighted by molar-refractivity contribution is 6.08. The summed E-state index contributed by atoms with van der Waals surface area (Å²) in [6.07, 6.45) is 1.63. The lowest BCUT2D eigenvalue weighted by Gasteiger charge is -2.18. The first kappa shape index (κ1) is 18.0. The van der Waals surface area contributed by atoms with Crippen LogP contribution in [-0.2, 0) is 5.41 Å². The number of fused-ring (bicyclic) bond motifs is 3. The van der Waals surface area contributed by atoms with Crippen LogP contribution >= 0.6 is 0 Å². The predicted molar refractivity (Wildman–Crippen MR) is 114 cm³/mol. The van der Waals surface area contributed by atoms with Crippen molar-refractivity contribution in [2.45, 2.75) is 26.2 Å². The largest absolute Gasteiger partial charge is 0.451 e. The Labute approximate surface area is 163 Å². The van der Waals surface area contributed by atoms with Gasteiger partial charge >= 0.3 is 5.91 Å². The van der Waals surface area contributed by atoms with Gasteiger partial charge in [0.25, 0.3) is 0 Å². The van der Waals surface area contributed by atoms with Crippen molar-refractivity contribution in [2.24, 2.45) is 5.10 Å². The zero-order chi connectivity index (χ0) is 19.7. The lowest BCUT2D eigenvalue weighted by molar-refractivity contribution is 0.0929. The summed E-state index contributed by atoms with van der Waals surface area (Å²) in [4.78, 5) is 12.4. The average molecular weight is 370 g/mol. The van der Waals surface area contributed by atoms with E-state index in [2.05, 4.69) is 43.4 Å². The highest BCUT2D eigenvalue weighted by atomic mass is 16.3. The first-order chi connectivity index (χ1) is 13.4. The van der Waals surface area contributed by atoms with Gasteiger partial charge in [-0.2, -0.15) is 5.10 Å². The van der Waals surface area contributed by atoms with Crippen LogP contribution in [-0.4, -0.2) is 12.1 Å². The van der Waals surface area contributed by atoms with E-state index < -0.39 is 0 Å². The van der Waals surface area contributed by atoms with Crippen molar-refractivity contribution in [3.63, 3.8) is 0 Å². The Morgan fingerprint density at radius 1 is 0.964 bits per heavy atom. The molecule has 1 heterocycles. The number of benzene rings is 3. The highest BCUT2D eigenvalue weighted by Gasteiger charge is 2.14. The van der Waals surface area contributed by atoms with Crippen LogP contribution in [0.1, 0.15) is 42.5 Å². The van der Waals surface area contributed by atoms with Gasteiger partial charge in [0, 0.05) is 5.39 Å². The van der Waals surface area contributed by atoms with Crippen molar-refractivity contribution < 1.29 is 9.21 Å². The van der Waals surface area contributed by atoms with Crippen LogP contribution in [0.5, 0.6) is 0 Å². The van der Waals surface area contributed by atoms with E-state index in [1.807, 2.05) is 48.5 Å². The minimum absolute atomic E-state index is 0.107. The SMILES string of the molecule is CC(C)(C)c1ccc(/C=N\NC(=O)c2cc3c(ccc4ccccc43)o2)cc1. The first-order valence-electron chi connectivity index (χ1n) is 9.27. The molecule has 0 atom stereocenters. The quantitative estimate of drug-likeness (QED) is 0.374. The number of hydrazone groups is 1. The summed E-state index contributed by atoms with van der Waals surface area (Å²) < 4.78 is 5.71. The van der Waals surface area contributed by atoms with Crippen LogP contribution in [0.15, 0.2) is 76.2 Å². The Hall–Kier alpha value is -3.40. The lowest BCUT2D eigenvalue weighted by atomic mass is 9.87. The Kier molecular flexibility index (Phi) is 4.47. The molecule has 1 amide bonds. The topological polar surface area (TPSA) is 54.6 Å². The van der Waals surface area contributed by atoms with E-state index in [0.717, 1.165) is 21.7 Å². The third-order valence-corrected chi connectivity index (χ3v) is 4.81. The molecule has 4 nitrogen and oxygen atoms in total. The number of furan rings is 1. The van der Waals surface area contributed by atoms with E-state index in [1.54, 1.807) is 12.3 Å². The van der Waals surface area contributed by atoms with E-state index in [9.17, 15) is 4.79 Å². The molecule has 0 bridgehead atoms. The molecular formula is C24H22N2O2. The van der Waals surface area contributed by atoms with E-state index in [-0.39, 0.29) is 17.1 Å². The molecule has 0 spiro atoms.